The summed E-state index contributed by atoms with van der Waals surface area (Å²) < 4.78 is 0. The van der Waals surface area contributed by atoms with E-state index in [1.54, 1.807) is 6.92 Å². The zero-order valence-electron chi connectivity index (χ0n) is 19.9. The van der Waals surface area contributed by atoms with Crippen LogP contribution in [0.1, 0.15) is 86.0 Å². The summed E-state index contributed by atoms with van der Waals surface area (Å²) in [4.78, 5) is 29.6. The number of carbonyl (C=O) groups excluding carboxylic acids is 2. The van der Waals surface area contributed by atoms with Crippen molar-refractivity contribution in [2.24, 2.45) is 51.3 Å². The second-order valence-electron chi connectivity index (χ2n) is 11.6. The minimum Gasteiger partial charge on any atom is -0.318 e. The Balaban J connectivity index is 1.51. The summed E-state index contributed by atoms with van der Waals surface area (Å²) in [7, 11) is 0. The van der Waals surface area contributed by atoms with Gasteiger partial charge < -0.3 is 10.6 Å². The van der Waals surface area contributed by atoms with Crippen molar-refractivity contribution in [2.75, 3.05) is 0 Å². The molecule has 0 amide bonds. The second-order valence-corrected chi connectivity index (χ2v) is 11.6. The lowest BCUT2D eigenvalue weighted by atomic mass is 9.46. The number of rotatable bonds is 4. The average molecular weight is 429 g/mol. The predicted molar refractivity (Wildman–Crippen MR) is 122 cm³/mol. The molecule has 7 atom stereocenters. The first kappa shape index (κ1) is 22.7. The predicted octanol–water partition coefficient (Wildman–Crippen LogP) is 5.04. The van der Waals surface area contributed by atoms with E-state index in [0.717, 1.165) is 37.3 Å². The number of oxime groups is 1. The SMILES string of the molecule is CC(=O)[C@H]1CC[C@H]2[C@@H]3CCC4=CC(=NOC(=O)C(N)C(C)C)CC[C@]4(C)[C@H]3CC[C@]12C. The van der Waals surface area contributed by atoms with Crippen molar-refractivity contribution in [1.29, 1.82) is 0 Å². The zero-order chi connectivity index (χ0) is 22.6. The Labute approximate surface area is 187 Å². The largest absolute Gasteiger partial charge is 0.351 e. The van der Waals surface area contributed by atoms with Crippen LogP contribution in [0.15, 0.2) is 16.8 Å². The van der Waals surface area contributed by atoms with Crippen LogP contribution in [0.5, 0.6) is 0 Å². The van der Waals surface area contributed by atoms with Gasteiger partial charge in [0.2, 0.25) is 0 Å². The highest BCUT2D eigenvalue weighted by molar-refractivity contribution is 5.96. The monoisotopic (exact) mass is 428 g/mol. The first-order chi connectivity index (χ1) is 14.6. The summed E-state index contributed by atoms with van der Waals surface area (Å²) in [6.07, 6.45) is 11.1. The normalized spacial score (nSPS) is 41.8. The molecule has 4 aliphatic rings. The number of fused-ring (bicyclic) bond motifs is 5. The molecule has 0 heterocycles. The Kier molecular flexibility index (Phi) is 5.95. The molecule has 4 aliphatic carbocycles. The van der Waals surface area contributed by atoms with E-state index >= 15 is 0 Å². The third kappa shape index (κ3) is 3.71. The van der Waals surface area contributed by atoms with Gasteiger partial charge in [-0.05, 0) is 98.9 Å². The number of nitrogens with zero attached hydrogens (tertiary/aromatic N) is 1. The van der Waals surface area contributed by atoms with Crippen molar-refractivity contribution in [3.63, 3.8) is 0 Å². The molecular formula is C26H40N2O3. The molecule has 0 radical (unpaired) electrons. The lowest BCUT2D eigenvalue weighted by Crippen LogP contribution is -2.51. The topological polar surface area (TPSA) is 81.8 Å². The number of hydrogen-bond donors (Lipinski definition) is 1. The lowest BCUT2D eigenvalue weighted by molar-refractivity contribution is -0.146. The molecule has 0 aromatic heterocycles. The molecule has 0 bridgehead atoms. The molecule has 0 aromatic rings. The Morgan fingerprint density at radius 1 is 1.10 bits per heavy atom. The van der Waals surface area contributed by atoms with Gasteiger partial charge >= 0.3 is 5.97 Å². The van der Waals surface area contributed by atoms with Crippen LogP contribution in [0.4, 0.5) is 0 Å². The van der Waals surface area contributed by atoms with Crippen molar-refractivity contribution in [1.82, 2.24) is 0 Å². The molecule has 5 nitrogen and oxygen atoms in total. The molecule has 3 saturated carbocycles. The van der Waals surface area contributed by atoms with E-state index in [4.69, 9.17) is 10.6 Å². The number of hydrogen-bond acceptors (Lipinski definition) is 5. The summed E-state index contributed by atoms with van der Waals surface area (Å²) >= 11 is 0. The van der Waals surface area contributed by atoms with E-state index < -0.39 is 12.0 Å². The van der Waals surface area contributed by atoms with Gasteiger partial charge in [0.1, 0.15) is 11.8 Å². The van der Waals surface area contributed by atoms with Crippen LogP contribution in [-0.4, -0.2) is 23.5 Å². The number of Topliss-reactive ketones (excluding diaryl/α,β-unsaturated/α-hetero) is 1. The molecule has 4 rings (SSSR count). The standard InChI is InChI=1S/C26H40N2O3/c1-15(2)23(27)24(30)31-28-18-10-12-25(4)17(14-18)6-7-19-21-9-8-20(16(3)29)26(21,5)13-11-22(19)25/h14-15,19-23H,6-13,27H2,1-5H3/t19-,20+,21-,22-,23?,25-,26+/m0/s1. The molecule has 3 fully saturated rings. The third-order valence-corrected chi connectivity index (χ3v) is 9.71. The van der Waals surface area contributed by atoms with E-state index in [1.807, 2.05) is 13.8 Å². The fourth-order valence-electron chi connectivity index (χ4n) is 7.75. The van der Waals surface area contributed by atoms with Gasteiger partial charge in [-0.25, -0.2) is 4.79 Å². The molecule has 0 aromatic carbocycles. The maximum atomic E-state index is 12.3. The fraction of sp³-hybridized carbons (Fsp3) is 0.808. The van der Waals surface area contributed by atoms with Crippen LogP contribution >= 0.6 is 0 Å². The minimum absolute atomic E-state index is 0.0335. The van der Waals surface area contributed by atoms with E-state index in [9.17, 15) is 9.59 Å². The molecule has 172 valence electrons. The lowest BCUT2D eigenvalue weighted by Gasteiger charge is -2.58. The highest BCUT2D eigenvalue weighted by atomic mass is 16.7. The molecular weight excluding hydrogens is 388 g/mol. The summed E-state index contributed by atoms with van der Waals surface area (Å²) in [5.41, 5.74) is 8.63. The Bertz CT molecular complexity index is 815. The van der Waals surface area contributed by atoms with Crippen molar-refractivity contribution >= 4 is 17.5 Å². The Hall–Kier alpha value is -1.49. The van der Waals surface area contributed by atoms with Crippen molar-refractivity contribution in [2.45, 2.75) is 92.0 Å². The minimum atomic E-state index is -0.636. The molecule has 5 heteroatoms. The molecule has 31 heavy (non-hydrogen) atoms. The van der Waals surface area contributed by atoms with Gasteiger partial charge in [-0.1, -0.05) is 38.4 Å². The second kappa shape index (κ2) is 8.13. The maximum absolute atomic E-state index is 12.3. The van der Waals surface area contributed by atoms with Crippen molar-refractivity contribution in [3.8, 4) is 0 Å². The summed E-state index contributed by atoms with van der Waals surface area (Å²) in [5.74, 6) is 2.35. The van der Waals surface area contributed by atoms with Crippen LogP contribution < -0.4 is 5.73 Å². The Morgan fingerprint density at radius 2 is 1.84 bits per heavy atom. The van der Waals surface area contributed by atoms with Crippen LogP contribution in [0, 0.1) is 40.4 Å². The molecule has 0 spiro atoms. The molecule has 2 N–H and O–H groups in total. The van der Waals surface area contributed by atoms with Crippen molar-refractivity contribution < 1.29 is 14.4 Å². The average Bonchev–Trinajstić information content (AvgIpc) is 3.08. The number of ketones is 1. The van der Waals surface area contributed by atoms with Crippen LogP contribution in [0.2, 0.25) is 0 Å². The van der Waals surface area contributed by atoms with Crippen LogP contribution in [0.25, 0.3) is 0 Å². The molecule has 0 saturated heterocycles. The van der Waals surface area contributed by atoms with Gasteiger partial charge in [-0.15, -0.1) is 0 Å². The summed E-state index contributed by atoms with van der Waals surface area (Å²) in [5, 5.41) is 4.18. The summed E-state index contributed by atoms with van der Waals surface area (Å²) in [6, 6.07) is -0.636. The van der Waals surface area contributed by atoms with Gasteiger partial charge in [-0.2, -0.15) is 0 Å². The van der Waals surface area contributed by atoms with E-state index in [0.29, 0.717) is 17.6 Å². The first-order valence-electron chi connectivity index (χ1n) is 12.3. The van der Waals surface area contributed by atoms with E-state index in [-0.39, 0.29) is 22.7 Å². The van der Waals surface area contributed by atoms with E-state index in [2.05, 4.69) is 25.1 Å². The van der Waals surface area contributed by atoms with E-state index in [1.165, 1.54) is 31.3 Å². The fourth-order valence-corrected chi connectivity index (χ4v) is 7.75. The van der Waals surface area contributed by atoms with Crippen LogP contribution in [-0.2, 0) is 14.4 Å². The van der Waals surface area contributed by atoms with Gasteiger partial charge in [0, 0.05) is 5.92 Å². The molecule has 0 aliphatic heterocycles. The Morgan fingerprint density at radius 3 is 2.52 bits per heavy atom. The van der Waals surface area contributed by atoms with Gasteiger partial charge in [-0.3, -0.25) is 4.79 Å². The number of nitrogens with two attached hydrogens (primary N) is 1. The van der Waals surface area contributed by atoms with Crippen LogP contribution in [0.3, 0.4) is 0 Å². The zero-order valence-corrected chi connectivity index (χ0v) is 19.9. The first-order valence-corrected chi connectivity index (χ1v) is 12.3. The maximum Gasteiger partial charge on any atom is 0.351 e. The number of carbonyl (C=O) groups is 2. The molecule has 1 unspecified atom stereocenters. The van der Waals surface area contributed by atoms with Gasteiger partial charge in [0.15, 0.2) is 0 Å². The number of allylic oxidation sites excluding steroid dienone is 2. The van der Waals surface area contributed by atoms with Gasteiger partial charge in [0.25, 0.3) is 0 Å². The smallest absolute Gasteiger partial charge is 0.318 e. The summed E-state index contributed by atoms with van der Waals surface area (Å²) in [6.45, 7) is 10.5. The highest BCUT2D eigenvalue weighted by Gasteiger charge is 2.59. The van der Waals surface area contributed by atoms with Crippen molar-refractivity contribution in [3.05, 3.63) is 11.6 Å². The highest BCUT2D eigenvalue weighted by Crippen LogP contribution is 2.66. The van der Waals surface area contributed by atoms with Gasteiger partial charge in [0.05, 0.1) is 5.71 Å². The third-order valence-electron chi connectivity index (χ3n) is 9.71. The quantitative estimate of drug-likeness (QED) is 0.502.